The third kappa shape index (κ3) is 5.33. The number of ketones is 2. The van der Waals surface area contributed by atoms with E-state index in [9.17, 15) is 19.5 Å². The number of carbonyl (C=O) groups excluding carboxylic acids is 4. The first-order chi connectivity index (χ1) is 25.2. The molecule has 6 atom stereocenters. The number of rotatable bonds is 9. The van der Waals surface area contributed by atoms with E-state index >= 15 is 9.59 Å². The van der Waals surface area contributed by atoms with Crippen molar-refractivity contribution in [2.45, 2.75) is 50.4 Å². The predicted molar refractivity (Wildman–Crippen MR) is 191 cm³/mol. The topological polar surface area (TPSA) is 138 Å². The number of aromatic hydroxyl groups is 1. The van der Waals surface area contributed by atoms with E-state index < -0.39 is 41.0 Å². The zero-order valence-electron chi connectivity index (χ0n) is 28.6. The molecule has 0 radical (unpaired) electrons. The van der Waals surface area contributed by atoms with Crippen molar-refractivity contribution in [1.29, 1.82) is 0 Å². The lowest BCUT2D eigenvalue weighted by Gasteiger charge is -2.56. The van der Waals surface area contributed by atoms with Crippen LogP contribution in [-0.4, -0.2) is 51.0 Å². The Hall–Kier alpha value is -5.57. The molecular weight excluding hydrogens is 658 g/mol. The van der Waals surface area contributed by atoms with Gasteiger partial charge in [0.1, 0.15) is 11.5 Å². The summed E-state index contributed by atoms with van der Waals surface area (Å²) in [6.07, 6.45) is 7.66. The van der Waals surface area contributed by atoms with Gasteiger partial charge in [0.15, 0.2) is 11.6 Å². The van der Waals surface area contributed by atoms with Crippen LogP contribution in [0.2, 0.25) is 0 Å². The molecule has 6 unspecified atom stereocenters. The van der Waals surface area contributed by atoms with E-state index in [1.54, 1.807) is 24.5 Å². The van der Waals surface area contributed by atoms with Crippen LogP contribution in [0.3, 0.4) is 0 Å². The fourth-order valence-electron chi connectivity index (χ4n) is 9.70. The van der Waals surface area contributed by atoms with Gasteiger partial charge in [0.05, 0.1) is 23.5 Å². The Labute approximate surface area is 301 Å². The molecule has 0 spiro atoms. The number of amides is 2. The number of phenolic OH excluding ortho intramolecular Hbond substituents is 1. The van der Waals surface area contributed by atoms with Crippen molar-refractivity contribution in [2.24, 2.45) is 29.6 Å². The summed E-state index contributed by atoms with van der Waals surface area (Å²) < 4.78 is 6.18. The molecule has 2 N–H and O–H groups in total. The van der Waals surface area contributed by atoms with Crippen molar-refractivity contribution in [3.63, 3.8) is 0 Å². The Balaban J connectivity index is 1.26. The number of aliphatic carboxylic acids is 1. The largest absolute Gasteiger partial charge is 0.508 e. The number of hydrogen-bond acceptors (Lipinski definition) is 7. The maximum absolute atomic E-state index is 15.2. The van der Waals surface area contributed by atoms with Gasteiger partial charge in [-0.2, -0.15) is 0 Å². The number of imide groups is 1. The summed E-state index contributed by atoms with van der Waals surface area (Å²) in [5.41, 5.74) is 2.69. The van der Waals surface area contributed by atoms with Gasteiger partial charge in [-0.05, 0) is 72.6 Å². The van der Waals surface area contributed by atoms with Crippen LogP contribution < -0.4 is 4.74 Å². The lowest BCUT2D eigenvalue weighted by atomic mass is 9.44. The number of unbranched alkanes of at least 4 members (excludes halogenated alkanes) is 2. The Morgan fingerprint density at radius 3 is 2.38 bits per heavy atom. The van der Waals surface area contributed by atoms with E-state index in [1.165, 1.54) is 11.0 Å². The highest BCUT2D eigenvalue weighted by molar-refractivity contribution is 6.31. The number of hydrogen-bond donors (Lipinski definition) is 2. The van der Waals surface area contributed by atoms with Crippen LogP contribution in [0.4, 0.5) is 0 Å². The quantitative estimate of drug-likeness (QED) is 0.153. The van der Waals surface area contributed by atoms with E-state index in [1.807, 2.05) is 66.7 Å². The third-order valence-corrected chi connectivity index (χ3v) is 11.9. The molecule has 8 rings (SSSR count). The van der Waals surface area contributed by atoms with Crippen molar-refractivity contribution < 1.29 is 38.9 Å². The number of allylic oxidation sites excluding steroid dienone is 5. The van der Waals surface area contributed by atoms with Gasteiger partial charge in [0.25, 0.3) is 0 Å². The first-order valence-electron chi connectivity index (χ1n) is 18.1. The molecule has 2 amide bonds. The molecule has 9 heteroatoms. The minimum Gasteiger partial charge on any atom is -0.508 e. The highest BCUT2D eigenvalue weighted by Crippen LogP contribution is 2.63. The normalized spacial score (nSPS) is 27.7. The zero-order valence-corrected chi connectivity index (χ0v) is 28.6. The van der Waals surface area contributed by atoms with E-state index in [0.29, 0.717) is 54.6 Å². The standard InChI is InChI=1S/C43H39NO8/c45-29-15-18-35-26(21-29)20-27(24-52-35)39-30-16-17-31-38(42(51)44(41(31)50)19-9-3-8-14-37(47)48)33(30)22-34-40(49)32(25-10-4-1-5-11-25)23-36(46)43(34,39)28-12-6-2-7-13-28/h1-2,4-7,10-13,15-16,18,21,23-24,31,33-34,38-39,45H,3,8-9,14,17,19-20,22H2,(H,47,48). The van der Waals surface area contributed by atoms with Crippen molar-refractivity contribution in [2.75, 3.05) is 6.54 Å². The Bertz CT molecular complexity index is 2080. The zero-order chi connectivity index (χ0) is 36.1. The van der Waals surface area contributed by atoms with Gasteiger partial charge < -0.3 is 14.9 Å². The van der Waals surface area contributed by atoms with Crippen LogP contribution in [0.25, 0.3) is 5.57 Å². The highest BCUT2D eigenvalue weighted by atomic mass is 16.5. The van der Waals surface area contributed by atoms with Crippen LogP contribution in [0, 0.1) is 29.6 Å². The van der Waals surface area contributed by atoms with Crippen LogP contribution in [0.1, 0.15) is 55.2 Å². The number of Topliss-reactive ketones (excluding diaryl/α,β-unsaturated/α-hetero) is 1. The second-order valence-corrected chi connectivity index (χ2v) is 14.6. The van der Waals surface area contributed by atoms with Gasteiger partial charge in [-0.15, -0.1) is 0 Å². The average molecular weight is 698 g/mol. The molecule has 2 fully saturated rings. The Morgan fingerprint density at radius 2 is 1.63 bits per heavy atom. The van der Waals surface area contributed by atoms with Crippen LogP contribution >= 0.6 is 0 Å². The number of carboxylic acids is 1. The van der Waals surface area contributed by atoms with E-state index in [2.05, 4.69) is 0 Å². The van der Waals surface area contributed by atoms with Crippen LogP contribution in [-0.2, 0) is 35.8 Å². The number of carbonyl (C=O) groups is 5. The number of ether oxygens (including phenoxy) is 1. The molecule has 3 aliphatic carbocycles. The maximum atomic E-state index is 15.2. The maximum Gasteiger partial charge on any atom is 0.303 e. The number of likely N-dealkylation sites (tertiary alicyclic amines) is 1. The first-order valence-corrected chi connectivity index (χ1v) is 18.1. The van der Waals surface area contributed by atoms with Crippen molar-refractivity contribution in [3.05, 3.63) is 125 Å². The summed E-state index contributed by atoms with van der Waals surface area (Å²) in [4.78, 5) is 70.8. The monoisotopic (exact) mass is 697 g/mol. The van der Waals surface area contributed by atoms with E-state index in [0.717, 1.165) is 16.7 Å². The van der Waals surface area contributed by atoms with E-state index in [4.69, 9.17) is 9.84 Å². The van der Waals surface area contributed by atoms with Gasteiger partial charge >= 0.3 is 5.97 Å². The highest BCUT2D eigenvalue weighted by Gasteiger charge is 2.66. The summed E-state index contributed by atoms with van der Waals surface area (Å²) >= 11 is 0. The Morgan fingerprint density at radius 1 is 0.885 bits per heavy atom. The van der Waals surface area contributed by atoms with Crippen LogP contribution in [0.5, 0.6) is 11.5 Å². The number of phenols is 1. The molecule has 52 heavy (non-hydrogen) atoms. The van der Waals surface area contributed by atoms with Crippen molar-refractivity contribution in [1.82, 2.24) is 4.90 Å². The molecule has 264 valence electrons. The van der Waals surface area contributed by atoms with Crippen molar-refractivity contribution >= 4 is 34.9 Å². The predicted octanol–water partition coefficient (Wildman–Crippen LogP) is 6.21. The van der Waals surface area contributed by atoms with Crippen LogP contribution in [0.15, 0.2) is 108 Å². The molecule has 1 saturated carbocycles. The SMILES string of the molecule is O=C(O)CCCCCN1C(=O)C2CC=C3C(CC4C(=O)C(c5ccccc5)=CC(=O)C4(c4ccccc4)C3C3=COc4ccc(O)cc4C3)C2C1=O. The minimum atomic E-state index is -1.36. The lowest BCUT2D eigenvalue weighted by Crippen LogP contribution is -2.60. The molecule has 3 aromatic carbocycles. The number of fused-ring (bicyclic) bond motifs is 5. The van der Waals surface area contributed by atoms with Gasteiger partial charge in [0, 0.05) is 42.4 Å². The molecule has 1 saturated heterocycles. The first kappa shape index (κ1) is 33.6. The summed E-state index contributed by atoms with van der Waals surface area (Å²) in [6.45, 7) is 0.213. The number of carboxylic acid groups (broad SMARTS) is 1. The molecular formula is C43H39NO8. The smallest absolute Gasteiger partial charge is 0.303 e. The summed E-state index contributed by atoms with van der Waals surface area (Å²) in [5, 5.41) is 19.4. The second-order valence-electron chi connectivity index (χ2n) is 14.6. The summed E-state index contributed by atoms with van der Waals surface area (Å²) in [7, 11) is 0. The number of benzene rings is 3. The molecule has 3 aromatic rings. The molecule has 0 bridgehead atoms. The fraction of sp³-hybridized carbons (Fsp3) is 0.326. The van der Waals surface area contributed by atoms with E-state index in [-0.39, 0.29) is 48.5 Å². The molecule has 5 aliphatic rings. The fourth-order valence-corrected chi connectivity index (χ4v) is 9.70. The van der Waals surface area contributed by atoms with Gasteiger partial charge in [-0.1, -0.05) is 78.7 Å². The summed E-state index contributed by atoms with van der Waals surface area (Å²) in [6, 6.07) is 23.5. The molecule has 2 heterocycles. The van der Waals surface area contributed by atoms with Gasteiger partial charge in [0.2, 0.25) is 11.8 Å². The molecule has 9 nitrogen and oxygen atoms in total. The third-order valence-electron chi connectivity index (χ3n) is 11.9. The molecule has 0 aromatic heterocycles. The van der Waals surface area contributed by atoms with Crippen molar-refractivity contribution in [3.8, 4) is 11.5 Å². The summed E-state index contributed by atoms with van der Waals surface area (Å²) in [5.74, 6) is -4.39. The minimum absolute atomic E-state index is 0.0320. The van der Waals surface area contributed by atoms with Gasteiger partial charge in [-0.25, -0.2) is 0 Å². The average Bonchev–Trinajstić information content (AvgIpc) is 3.40. The number of nitrogens with zero attached hydrogens (tertiary/aromatic N) is 1. The second kappa shape index (κ2) is 13.2. The Kier molecular flexibility index (Phi) is 8.52. The van der Waals surface area contributed by atoms with Gasteiger partial charge in [-0.3, -0.25) is 28.9 Å². The lowest BCUT2D eigenvalue weighted by molar-refractivity contribution is -0.141. The molecule has 2 aliphatic heterocycles.